The molecule has 0 aliphatic carbocycles. The average molecular weight is 286 g/mol. The third-order valence-corrected chi connectivity index (χ3v) is 3.32. The average Bonchev–Trinajstić information content (AvgIpc) is 2.53. The maximum atomic E-state index is 9.49. The van der Waals surface area contributed by atoms with Crippen LogP contribution in [0.5, 0.6) is 17.2 Å². The Morgan fingerprint density at radius 1 is 1.14 bits per heavy atom. The molecular formula is C18H22O3. The van der Waals surface area contributed by atoms with E-state index in [4.69, 9.17) is 9.47 Å². The van der Waals surface area contributed by atoms with E-state index in [0.717, 1.165) is 29.9 Å². The molecule has 2 aromatic carbocycles. The van der Waals surface area contributed by atoms with Crippen molar-refractivity contribution in [2.45, 2.75) is 39.9 Å². The van der Waals surface area contributed by atoms with Crippen molar-refractivity contribution in [1.82, 2.24) is 0 Å². The fourth-order valence-corrected chi connectivity index (χ4v) is 2.24. The molecule has 0 aromatic heterocycles. The van der Waals surface area contributed by atoms with Crippen molar-refractivity contribution in [2.75, 3.05) is 0 Å². The first-order valence-corrected chi connectivity index (χ1v) is 7.43. The Morgan fingerprint density at radius 2 is 1.90 bits per heavy atom. The topological polar surface area (TPSA) is 38.7 Å². The highest BCUT2D eigenvalue weighted by atomic mass is 16.7. The Bertz CT molecular complexity index is 593. The normalized spacial score (nSPS) is 16.0. The minimum absolute atomic E-state index is 0.265. The first kappa shape index (κ1) is 15.2. The summed E-state index contributed by atoms with van der Waals surface area (Å²) in [6.45, 7) is 5.85. The molecule has 0 saturated heterocycles. The van der Waals surface area contributed by atoms with E-state index in [-0.39, 0.29) is 12.0 Å². The van der Waals surface area contributed by atoms with E-state index in [1.54, 1.807) is 12.1 Å². The van der Waals surface area contributed by atoms with Crippen molar-refractivity contribution in [1.29, 1.82) is 0 Å². The molecule has 1 unspecified atom stereocenters. The molecule has 1 heterocycles. The van der Waals surface area contributed by atoms with Gasteiger partial charge in [-0.25, -0.2) is 0 Å². The van der Waals surface area contributed by atoms with Crippen LogP contribution in [0.3, 0.4) is 0 Å². The highest BCUT2D eigenvalue weighted by molar-refractivity contribution is 5.39. The summed E-state index contributed by atoms with van der Waals surface area (Å²) in [7, 11) is 0. The van der Waals surface area contributed by atoms with Crippen LogP contribution >= 0.6 is 0 Å². The van der Waals surface area contributed by atoms with Crippen LogP contribution in [-0.4, -0.2) is 11.4 Å². The Hall–Kier alpha value is -2.16. The largest absolute Gasteiger partial charge is 0.508 e. The van der Waals surface area contributed by atoms with Crippen LogP contribution in [0.1, 0.15) is 31.4 Å². The lowest BCUT2D eigenvalue weighted by Crippen LogP contribution is -2.28. The van der Waals surface area contributed by atoms with E-state index < -0.39 is 0 Å². The molecule has 0 bridgehead atoms. The summed E-state index contributed by atoms with van der Waals surface area (Å²) in [6.07, 6.45) is 1.52. The number of phenolic OH excluding ortho intramolecular Hbond substituents is 1. The second kappa shape index (κ2) is 7.02. The molecule has 0 radical (unpaired) electrons. The predicted octanol–water partition coefficient (Wildman–Crippen LogP) is 4.46. The van der Waals surface area contributed by atoms with Crippen LogP contribution in [-0.2, 0) is 6.42 Å². The van der Waals surface area contributed by atoms with E-state index in [9.17, 15) is 5.11 Å². The summed E-state index contributed by atoms with van der Waals surface area (Å²) >= 11 is 0. The summed E-state index contributed by atoms with van der Waals surface area (Å²) in [6, 6.07) is 13.2. The van der Waals surface area contributed by atoms with Crippen molar-refractivity contribution in [3.63, 3.8) is 0 Å². The number of rotatable bonds is 2. The van der Waals surface area contributed by atoms with Gasteiger partial charge in [-0.2, -0.15) is 0 Å². The third-order valence-electron chi connectivity index (χ3n) is 3.32. The highest BCUT2D eigenvalue weighted by Gasteiger charge is 2.20. The second-order valence-electron chi connectivity index (χ2n) is 4.76. The fourth-order valence-electron chi connectivity index (χ4n) is 2.24. The van der Waals surface area contributed by atoms with E-state index in [2.05, 4.69) is 6.07 Å². The third kappa shape index (κ3) is 3.69. The zero-order valence-electron chi connectivity index (χ0n) is 12.8. The smallest absolute Gasteiger partial charge is 0.241 e. The molecule has 1 atom stereocenters. The Balaban J connectivity index is 0.000000774. The molecule has 21 heavy (non-hydrogen) atoms. The molecule has 0 saturated carbocycles. The number of phenols is 1. The van der Waals surface area contributed by atoms with Gasteiger partial charge in [0, 0.05) is 6.42 Å². The molecular weight excluding hydrogens is 264 g/mol. The predicted molar refractivity (Wildman–Crippen MR) is 84.0 cm³/mol. The number of para-hydroxylation sites is 1. The maximum Gasteiger partial charge on any atom is 0.241 e. The van der Waals surface area contributed by atoms with Crippen LogP contribution in [0.25, 0.3) is 0 Å². The van der Waals surface area contributed by atoms with Gasteiger partial charge in [0.05, 0.1) is 0 Å². The van der Waals surface area contributed by atoms with Crippen molar-refractivity contribution in [2.24, 2.45) is 0 Å². The van der Waals surface area contributed by atoms with Gasteiger partial charge in [0.1, 0.15) is 17.2 Å². The number of hydrogen-bond donors (Lipinski definition) is 1. The Labute approximate surface area is 126 Å². The maximum absolute atomic E-state index is 9.49. The van der Waals surface area contributed by atoms with Gasteiger partial charge in [0.2, 0.25) is 6.29 Å². The van der Waals surface area contributed by atoms with Gasteiger partial charge >= 0.3 is 0 Å². The van der Waals surface area contributed by atoms with Gasteiger partial charge in [-0.15, -0.1) is 0 Å². The van der Waals surface area contributed by atoms with E-state index in [1.807, 2.05) is 45.0 Å². The first-order valence-electron chi connectivity index (χ1n) is 7.43. The lowest BCUT2D eigenvalue weighted by molar-refractivity contribution is -0.00985. The molecule has 1 aliphatic rings. The van der Waals surface area contributed by atoms with Gasteiger partial charge in [-0.1, -0.05) is 32.0 Å². The molecule has 1 N–H and O–H groups in total. The lowest BCUT2D eigenvalue weighted by atomic mass is 10.1. The zero-order chi connectivity index (χ0) is 15.2. The number of ether oxygens (including phenoxy) is 2. The quantitative estimate of drug-likeness (QED) is 0.886. The van der Waals surface area contributed by atoms with Crippen LogP contribution in [0, 0.1) is 6.92 Å². The van der Waals surface area contributed by atoms with Crippen LogP contribution in [0.15, 0.2) is 42.5 Å². The summed E-state index contributed by atoms with van der Waals surface area (Å²) in [5, 5.41) is 9.49. The minimum Gasteiger partial charge on any atom is -0.508 e. The van der Waals surface area contributed by atoms with Gasteiger partial charge in [0.25, 0.3) is 0 Å². The first-order chi connectivity index (χ1) is 10.2. The van der Waals surface area contributed by atoms with Gasteiger partial charge in [-0.3, -0.25) is 0 Å². The fraction of sp³-hybridized carbons (Fsp3) is 0.333. The van der Waals surface area contributed by atoms with Crippen LogP contribution in [0.2, 0.25) is 0 Å². The lowest BCUT2D eigenvalue weighted by Gasteiger charge is -2.26. The highest BCUT2D eigenvalue weighted by Crippen LogP contribution is 2.29. The Kier molecular flexibility index (Phi) is 5.09. The standard InChI is InChI=1S/C16H16O3.C2H6/c1-11-10-13(7-8-14(11)17)18-16-9-6-12-4-2-3-5-15(12)19-16;1-2/h2-5,7-8,10,16-17H,6,9H2,1H3;1-2H3. The molecule has 112 valence electrons. The molecule has 0 amide bonds. The Morgan fingerprint density at radius 3 is 2.67 bits per heavy atom. The number of benzene rings is 2. The summed E-state index contributed by atoms with van der Waals surface area (Å²) in [5.41, 5.74) is 2.03. The molecule has 2 aromatic rings. The molecule has 3 heteroatoms. The van der Waals surface area contributed by atoms with Crippen molar-refractivity contribution < 1.29 is 14.6 Å². The van der Waals surface area contributed by atoms with E-state index >= 15 is 0 Å². The summed E-state index contributed by atoms with van der Waals surface area (Å²) < 4.78 is 11.6. The second-order valence-corrected chi connectivity index (χ2v) is 4.76. The molecule has 3 rings (SSSR count). The summed E-state index contributed by atoms with van der Waals surface area (Å²) in [5.74, 6) is 1.90. The zero-order valence-corrected chi connectivity index (χ0v) is 12.8. The van der Waals surface area contributed by atoms with Crippen LogP contribution < -0.4 is 9.47 Å². The number of aromatic hydroxyl groups is 1. The van der Waals surface area contributed by atoms with E-state index in [0.29, 0.717) is 0 Å². The van der Waals surface area contributed by atoms with Gasteiger partial charge in [-0.05, 0) is 48.7 Å². The molecule has 3 nitrogen and oxygen atoms in total. The summed E-state index contributed by atoms with van der Waals surface area (Å²) in [4.78, 5) is 0. The van der Waals surface area contributed by atoms with Crippen molar-refractivity contribution >= 4 is 0 Å². The number of aryl methyl sites for hydroxylation is 2. The van der Waals surface area contributed by atoms with Crippen LogP contribution in [0.4, 0.5) is 0 Å². The van der Waals surface area contributed by atoms with E-state index in [1.165, 1.54) is 5.56 Å². The number of hydrogen-bond acceptors (Lipinski definition) is 3. The SMILES string of the molecule is CC.Cc1cc(OC2CCc3ccccc3O2)ccc1O. The van der Waals surface area contributed by atoms with Gasteiger partial charge in [0.15, 0.2) is 0 Å². The van der Waals surface area contributed by atoms with Crippen molar-refractivity contribution in [3.8, 4) is 17.2 Å². The molecule has 0 spiro atoms. The number of fused-ring (bicyclic) bond motifs is 1. The molecule has 0 fully saturated rings. The monoisotopic (exact) mass is 286 g/mol. The van der Waals surface area contributed by atoms with Crippen molar-refractivity contribution in [3.05, 3.63) is 53.6 Å². The molecule has 1 aliphatic heterocycles. The minimum atomic E-state index is -0.265. The van der Waals surface area contributed by atoms with Gasteiger partial charge < -0.3 is 14.6 Å².